The van der Waals surface area contributed by atoms with Crippen LogP contribution in [0.3, 0.4) is 0 Å². The lowest BCUT2D eigenvalue weighted by molar-refractivity contribution is 0.0907. The molecule has 3 nitrogen and oxygen atoms in total. The van der Waals surface area contributed by atoms with Gasteiger partial charge in [-0.1, -0.05) is 45.0 Å². The zero-order valence-electron chi connectivity index (χ0n) is 12.4. The number of amides is 1. The molecule has 1 amide bonds. The zero-order chi connectivity index (χ0) is 14.9. The summed E-state index contributed by atoms with van der Waals surface area (Å²) in [5, 5.41) is 14.8. The molecule has 2 N–H and O–H groups in total. The third-order valence-electron chi connectivity index (χ3n) is 3.76. The Labute approximate surface area is 119 Å². The van der Waals surface area contributed by atoms with Crippen molar-refractivity contribution in [1.29, 1.82) is 0 Å². The number of aromatic hydroxyl groups is 1. The molecule has 0 heterocycles. The fraction of sp³-hybridized carbons (Fsp3) is 0.353. The molecule has 0 spiro atoms. The van der Waals surface area contributed by atoms with Crippen molar-refractivity contribution in [3.05, 3.63) is 42.0 Å². The maximum atomic E-state index is 12.3. The van der Waals surface area contributed by atoms with Crippen molar-refractivity contribution in [3.63, 3.8) is 0 Å². The van der Waals surface area contributed by atoms with Crippen molar-refractivity contribution in [2.45, 2.75) is 33.7 Å². The fourth-order valence-corrected chi connectivity index (χ4v) is 1.90. The van der Waals surface area contributed by atoms with Gasteiger partial charge in [0.15, 0.2) is 0 Å². The molecule has 2 rings (SSSR count). The quantitative estimate of drug-likeness (QED) is 0.874. The van der Waals surface area contributed by atoms with Crippen molar-refractivity contribution < 1.29 is 9.90 Å². The molecule has 0 aliphatic rings. The molecule has 0 saturated heterocycles. The third kappa shape index (κ3) is 2.93. The van der Waals surface area contributed by atoms with Gasteiger partial charge in [0.1, 0.15) is 5.75 Å². The molecule has 1 unspecified atom stereocenters. The van der Waals surface area contributed by atoms with E-state index in [1.807, 2.05) is 31.2 Å². The first-order chi connectivity index (χ1) is 9.29. The summed E-state index contributed by atoms with van der Waals surface area (Å²) in [7, 11) is 0. The van der Waals surface area contributed by atoms with E-state index in [-0.39, 0.29) is 23.1 Å². The first kappa shape index (κ1) is 14.4. The molecule has 20 heavy (non-hydrogen) atoms. The van der Waals surface area contributed by atoms with Crippen LogP contribution in [0.1, 0.15) is 38.1 Å². The van der Waals surface area contributed by atoms with E-state index in [1.54, 1.807) is 12.1 Å². The summed E-state index contributed by atoms with van der Waals surface area (Å²) in [5.74, 6) is -0.224. The normalized spacial score (nSPS) is 13.2. The summed E-state index contributed by atoms with van der Waals surface area (Å²) < 4.78 is 0. The summed E-state index contributed by atoms with van der Waals surface area (Å²) >= 11 is 0. The molecular formula is C17H21NO2. The first-order valence-corrected chi connectivity index (χ1v) is 6.81. The van der Waals surface area contributed by atoms with E-state index in [9.17, 15) is 9.90 Å². The number of nitrogens with one attached hydrogen (secondary N) is 1. The van der Waals surface area contributed by atoms with Crippen LogP contribution in [0.2, 0.25) is 0 Å². The molecule has 2 aromatic rings. The summed E-state index contributed by atoms with van der Waals surface area (Å²) in [6, 6.07) is 11.0. The molecule has 3 heteroatoms. The monoisotopic (exact) mass is 271 g/mol. The molecule has 0 aliphatic heterocycles. The number of phenols is 1. The Morgan fingerprint density at radius 1 is 1.15 bits per heavy atom. The molecule has 0 aliphatic carbocycles. The van der Waals surface area contributed by atoms with Crippen LogP contribution in [0.5, 0.6) is 5.75 Å². The molecule has 0 fully saturated rings. The van der Waals surface area contributed by atoms with Crippen molar-refractivity contribution >= 4 is 16.7 Å². The average Bonchev–Trinajstić information content (AvgIpc) is 2.36. The van der Waals surface area contributed by atoms with Crippen LogP contribution in [-0.2, 0) is 0 Å². The Kier molecular flexibility index (Phi) is 3.71. The minimum atomic E-state index is -0.240. The van der Waals surface area contributed by atoms with Crippen molar-refractivity contribution in [3.8, 4) is 5.75 Å². The van der Waals surface area contributed by atoms with Crippen LogP contribution in [0.4, 0.5) is 0 Å². The van der Waals surface area contributed by atoms with Gasteiger partial charge in [0.2, 0.25) is 0 Å². The number of hydrogen-bond donors (Lipinski definition) is 2. The van der Waals surface area contributed by atoms with Crippen LogP contribution >= 0.6 is 0 Å². The van der Waals surface area contributed by atoms with E-state index >= 15 is 0 Å². The van der Waals surface area contributed by atoms with Gasteiger partial charge in [-0.05, 0) is 35.2 Å². The van der Waals surface area contributed by atoms with E-state index in [0.717, 1.165) is 10.8 Å². The molecule has 0 saturated carbocycles. The minimum absolute atomic E-state index is 0.0147. The van der Waals surface area contributed by atoms with Crippen LogP contribution in [0.15, 0.2) is 36.4 Å². The minimum Gasteiger partial charge on any atom is -0.507 e. The number of carbonyl (C=O) groups is 1. The number of rotatable bonds is 2. The summed E-state index contributed by atoms with van der Waals surface area (Å²) in [4.78, 5) is 12.3. The van der Waals surface area contributed by atoms with Crippen molar-refractivity contribution in [2.24, 2.45) is 5.41 Å². The van der Waals surface area contributed by atoms with Gasteiger partial charge in [0.25, 0.3) is 5.91 Å². The fourth-order valence-electron chi connectivity index (χ4n) is 1.90. The predicted molar refractivity (Wildman–Crippen MR) is 82.0 cm³/mol. The highest BCUT2D eigenvalue weighted by Gasteiger charge is 2.23. The number of benzene rings is 2. The maximum absolute atomic E-state index is 12.3. The highest BCUT2D eigenvalue weighted by Crippen LogP contribution is 2.26. The average molecular weight is 271 g/mol. The van der Waals surface area contributed by atoms with Crippen molar-refractivity contribution in [1.82, 2.24) is 5.32 Å². The Morgan fingerprint density at radius 2 is 1.70 bits per heavy atom. The number of fused-ring (bicyclic) bond motifs is 1. The molecule has 0 aromatic heterocycles. The second kappa shape index (κ2) is 5.16. The van der Waals surface area contributed by atoms with E-state index in [1.165, 1.54) is 0 Å². The lowest BCUT2D eigenvalue weighted by atomic mass is 9.88. The van der Waals surface area contributed by atoms with Gasteiger partial charge in [-0.2, -0.15) is 0 Å². The van der Waals surface area contributed by atoms with Gasteiger partial charge in [-0.3, -0.25) is 4.79 Å². The van der Waals surface area contributed by atoms with Gasteiger partial charge < -0.3 is 10.4 Å². The Hall–Kier alpha value is -2.03. The summed E-state index contributed by atoms with van der Waals surface area (Å²) in [6.07, 6.45) is 0. The maximum Gasteiger partial charge on any atom is 0.255 e. The Morgan fingerprint density at radius 3 is 2.25 bits per heavy atom. The molecule has 0 radical (unpaired) electrons. The lowest BCUT2D eigenvalue weighted by Gasteiger charge is -2.28. The van der Waals surface area contributed by atoms with Crippen molar-refractivity contribution in [2.75, 3.05) is 0 Å². The van der Waals surface area contributed by atoms with Gasteiger partial charge in [0.05, 0.1) is 5.56 Å². The zero-order valence-corrected chi connectivity index (χ0v) is 12.4. The van der Waals surface area contributed by atoms with E-state index in [0.29, 0.717) is 5.56 Å². The first-order valence-electron chi connectivity index (χ1n) is 6.81. The summed E-state index contributed by atoms with van der Waals surface area (Å²) in [5.41, 5.74) is 0.294. The topological polar surface area (TPSA) is 49.3 Å². The highest BCUT2D eigenvalue weighted by molar-refractivity contribution is 6.01. The molecule has 2 aromatic carbocycles. The Balaban J connectivity index is 2.33. The van der Waals surface area contributed by atoms with Crippen LogP contribution in [0.25, 0.3) is 10.8 Å². The van der Waals surface area contributed by atoms with Crippen LogP contribution < -0.4 is 5.32 Å². The number of hydrogen-bond acceptors (Lipinski definition) is 2. The van der Waals surface area contributed by atoms with E-state index in [4.69, 9.17) is 0 Å². The van der Waals surface area contributed by atoms with Gasteiger partial charge >= 0.3 is 0 Å². The van der Waals surface area contributed by atoms with E-state index in [2.05, 4.69) is 26.1 Å². The van der Waals surface area contributed by atoms with E-state index < -0.39 is 0 Å². The van der Waals surface area contributed by atoms with Gasteiger partial charge in [0, 0.05) is 6.04 Å². The lowest BCUT2D eigenvalue weighted by Crippen LogP contribution is -2.41. The molecule has 106 valence electrons. The standard InChI is InChI=1S/C17H21NO2/c1-11(17(2,3)4)18-16(20)14-9-12-7-5-6-8-13(12)10-15(14)19/h5-11,19H,1-4H3,(H,18,20). The smallest absolute Gasteiger partial charge is 0.255 e. The second-order valence-corrected chi connectivity index (χ2v) is 6.28. The Bertz CT molecular complexity index is 641. The number of carbonyl (C=O) groups excluding carboxylic acids is 1. The molecular weight excluding hydrogens is 250 g/mol. The predicted octanol–water partition coefficient (Wildman–Crippen LogP) is 3.71. The SMILES string of the molecule is CC(NC(=O)c1cc2ccccc2cc1O)C(C)(C)C. The molecule has 1 atom stereocenters. The molecule has 0 bridgehead atoms. The van der Waals surface area contributed by atoms with Crippen LogP contribution in [-0.4, -0.2) is 17.1 Å². The highest BCUT2D eigenvalue weighted by atomic mass is 16.3. The largest absolute Gasteiger partial charge is 0.507 e. The van der Waals surface area contributed by atoms with Gasteiger partial charge in [-0.15, -0.1) is 0 Å². The number of phenolic OH excluding ortho intramolecular Hbond substituents is 1. The van der Waals surface area contributed by atoms with Crippen LogP contribution in [0, 0.1) is 5.41 Å². The second-order valence-electron chi connectivity index (χ2n) is 6.28. The summed E-state index contributed by atoms with van der Waals surface area (Å²) in [6.45, 7) is 8.17. The van der Waals surface area contributed by atoms with Gasteiger partial charge in [-0.25, -0.2) is 0 Å². The third-order valence-corrected chi connectivity index (χ3v) is 3.76.